The van der Waals surface area contributed by atoms with Gasteiger partial charge in [0.25, 0.3) is 0 Å². The molecule has 2 N–H and O–H groups in total. The summed E-state index contributed by atoms with van der Waals surface area (Å²) in [6, 6.07) is 19.3. The Morgan fingerprint density at radius 2 is 1.78 bits per heavy atom. The number of nitrogens with one attached hydrogen (secondary N) is 2. The quantitative estimate of drug-likeness (QED) is 0.535. The number of benzene rings is 2. The first-order valence-corrected chi connectivity index (χ1v) is 9.46. The first-order valence-electron chi connectivity index (χ1n) is 9.46. The minimum Gasteiger partial charge on any atom is -0.361 e. The largest absolute Gasteiger partial charge is 0.361 e. The summed E-state index contributed by atoms with van der Waals surface area (Å²) >= 11 is 0. The van der Waals surface area contributed by atoms with Crippen LogP contribution in [0.2, 0.25) is 0 Å². The molecule has 0 radical (unpaired) electrons. The number of nitrogens with zero attached hydrogens (tertiary/aromatic N) is 2. The van der Waals surface area contributed by atoms with Crippen molar-refractivity contribution in [3.05, 3.63) is 88.9 Å². The van der Waals surface area contributed by atoms with Crippen molar-refractivity contribution in [1.29, 1.82) is 0 Å². The monoisotopic (exact) mass is 358 g/mol. The van der Waals surface area contributed by atoms with Crippen LogP contribution in [0.15, 0.2) is 60.8 Å². The van der Waals surface area contributed by atoms with E-state index < -0.39 is 0 Å². The predicted octanol–water partition coefficient (Wildman–Crippen LogP) is 4.44. The summed E-state index contributed by atoms with van der Waals surface area (Å²) in [5.41, 5.74) is 7.48. The summed E-state index contributed by atoms with van der Waals surface area (Å²) in [6.07, 6.45) is 2.16. The van der Waals surface area contributed by atoms with Crippen molar-refractivity contribution in [2.45, 2.75) is 26.3 Å². The van der Waals surface area contributed by atoms with Crippen molar-refractivity contribution in [3.63, 3.8) is 0 Å². The van der Waals surface area contributed by atoms with Gasteiger partial charge in [0.15, 0.2) is 0 Å². The van der Waals surface area contributed by atoms with Gasteiger partial charge >= 0.3 is 0 Å². The van der Waals surface area contributed by atoms with E-state index in [1.807, 2.05) is 11.7 Å². The second kappa shape index (κ2) is 7.41. The van der Waals surface area contributed by atoms with E-state index in [1.165, 1.54) is 33.3 Å². The summed E-state index contributed by atoms with van der Waals surface area (Å²) in [4.78, 5) is 3.43. The van der Waals surface area contributed by atoms with E-state index in [-0.39, 0.29) is 0 Å². The molecule has 0 aliphatic carbocycles. The van der Waals surface area contributed by atoms with Gasteiger partial charge in [-0.25, -0.2) is 0 Å². The fourth-order valence-electron chi connectivity index (χ4n) is 3.89. The Kier molecular flexibility index (Phi) is 4.82. The van der Waals surface area contributed by atoms with Crippen molar-refractivity contribution in [2.75, 3.05) is 6.54 Å². The van der Waals surface area contributed by atoms with Crippen LogP contribution in [0.3, 0.4) is 0 Å². The smallest absolute Gasteiger partial charge is 0.0641 e. The number of aromatic nitrogens is 3. The van der Waals surface area contributed by atoms with Crippen molar-refractivity contribution < 1.29 is 0 Å². The van der Waals surface area contributed by atoms with Crippen molar-refractivity contribution in [3.8, 4) is 0 Å². The minimum atomic E-state index is 0.291. The molecule has 0 aliphatic heterocycles. The molecule has 4 nitrogen and oxygen atoms in total. The molecule has 2 aromatic heterocycles. The van der Waals surface area contributed by atoms with Crippen LogP contribution >= 0.6 is 0 Å². The van der Waals surface area contributed by atoms with Crippen LogP contribution in [0.5, 0.6) is 0 Å². The Morgan fingerprint density at radius 1 is 1.04 bits per heavy atom. The van der Waals surface area contributed by atoms with Crippen LogP contribution in [0.1, 0.15) is 34.0 Å². The zero-order valence-corrected chi connectivity index (χ0v) is 16.2. The third kappa shape index (κ3) is 3.40. The van der Waals surface area contributed by atoms with E-state index in [2.05, 4.69) is 90.0 Å². The van der Waals surface area contributed by atoms with E-state index in [0.717, 1.165) is 18.8 Å². The molecular formula is C23H26N4. The molecule has 4 aromatic rings. The fraction of sp³-hybridized carbons (Fsp3) is 0.261. The number of hydrogen-bond donors (Lipinski definition) is 2. The zero-order chi connectivity index (χ0) is 18.8. The Labute approximate surface area is 160 Å². The lowest BCUT2D eigenvalue weighted by molar-refractivity contribution is 0.634. The molecule has 0 fully saturated rings. The zero-order valence-electron chi connectivity index (χ0n) is 16.2. The van der Waals surface area contributed by atoms with Crippen LogP contribution < -0.4 is 5.32 Å². The highest BCUT2D eigenvalue weighted by molar-refractivity contribution is 5.84. The fourth-order valence-corrected chi connectivity index (χ4v) is 3.89. The molecule has 4 heteroatoms. The highest BCUT2D eigenvalue weighted by Gasteiger charge is 2.18. The number of rotatable bonds is 6. The number of hydrogen-bond acceptors (Lipinski definition) is 2. The molecule has 0 bridgehead atoms. The molecule has 0 amide bonds. The van der Waals surface area contributed by atoms with E-state index >= 15 is 0 Å². The minimum absolute atomic E-state index is 0.291. The number of H-pyrrole nitrogens is 1. The summed E-state index contributed by atoms with van der Waals surface area (Å²) < 4.78 is 1.96. The normalized spacial score (nSPS) is 12.6. The van der Waals surface area contributed by atoms with Gasteiger partial charge in [-0.15, -0.1) is 0 Å². The SMILES string of the molecule is Cc1nn(C)c(C)c1CNC[C@@H](c1ccccc1)c1c[nH]c2ccccc12. The summed E-state index contributed by atoms with van der Waals surface area (Å²) in [6.45, 7) is 5.92. The van der Waals surface area contributed by atoms with Gasteiger partial charge in [-0.1, -0.05) is 48.5 Å². The number of aryl methyl sites for hydroxylation is 2. The average Bonchev–Trinajstić information content (AvgIpc) is 3.21. The topological polar surface area (TPSA) is 45.6 Å². The van der Waals surface area contributed by atoms with Gasteiger partial charge in [0.2, 0.25) is 0 Å². The standard InChI is InChI=1S/C23H26N4/c1-16-20(17(2)27(3)26-16)13-24-14-21(18-9-5-4-6-10-18)22-15-25-23-12-8-7-11-19(22)23/h4-12,15,21,24-25H,13-14H2,1-3H3/t21-/m0/s1. The summed E-state index contributed by atoms with van der Waals surface area (Å²) in [5, 5.41) is 9.50. The molecule has 2 aromatic carbocycles. The molecule has 138 valence electrons. The maximum atomic E-state index is 4.53. The van der Waals surface area contributed by atoms with Gasteiger partial charge in [0, 0.05) is 54.4 Å². The molecule has 0 spiro atoms. The summed E-state index contributed by atoms with van der Waals surface area (Å²) in [5.74, 6) is 0.291. The van der Waals surface area contributed by atoms with Gasteiger partial charge in [0.05, 0.1) is 5.69 Å². The van der Waals surface area contributed by atoms with Gasteiger partial charge in [-0.2, -0.15) is 5.10 Å². The molecule has 27 heavy (non-hydrogen) atoms. The molecule has 2 heterocycles. The predicted molar refractivity (Wildman–Crippen MR) is 111 cm³/mol. The first kappa shape index (κ1) is 17.6. The Balaban J connectivity index is 1.61. The lowest BCUT2D eigenvalue weighted by atomic mass is 9.91. The molecule has 1 atom stereocenters. The van der Waals surface area contributed by atoms with Crippen LogP contribution in [-0.4, -0.2) is 21.3 Å². The van der Waals surface area contributed by atoms with Crippen LogP contribution in [0, 0.1) is 13.8 Å². The Bertz CT molecular complexity index is 1040. The maximum Gasteiger partial charge on any atom is 0.0641 e. The highest BCUT2D eigenvalue weighted by Crippen LogP contribution is 2.30. The molecule has 0 saturated heterocycles. The Hall–Kier alpha value is -2.85. The van der Waals surface area contributed by atoms with Crippen molar-refractivity contribution in [2.24, 2.45) is 7.05 Å². The lowest BCUT2D eigenvalue weighted by Gasteiger charge is -2.18. The van der Waals surface area contributed by atoms with E-state index in [9.17, 15) is 0 Å². The summed E-state index contributed by atoms with van der Waals surface area (Å²) in [7, 11) is 2.00. The number of aromatic amines is 1. The van der Waals surface area contributed by atoms with Crippen molar-refractivity contribution in [1.82, 2.24) is 20.1 Å². The molecule has 0 unspecified atom stereocenters. The van der Waals surface area contributed by atoms with Crippen LogP contribution in [0.25, 0.3) is 10.9 Å². The second-order valence-electron chi connectivity index (χ2n) is 7.16. The Morgan fingerprint density at radius 3 is 2.52 bits per heavy atom. The lowest BCUT2D eigenvalue weighted by Crippen LogP contribution is -2.22. The van der Waals surface area contributed by atoms with E-state index in [4.69, 9.17) is 0 Å². The number of para-hydroxylation sites is 1. The third-order valence-corrected chi connectivity index (χ3v) is 5.51. The van der Waals surface area contributed by atoms with Gasteiger partial charge in [0.1, 0.15) is 0 Å². The molecular weight excluding hydrogens is 332 g/mol. The first-order chi connectivity index (χ1) is 13.1. The van der Waals surface area contributed by atoms with Gasteiger partial charge < -0.3 is 10.3 Å². The second-order valence-corrected chi connectivity index (χ2v) is 7.16. The third-order valence-electron chi connectivity index (χ3n) is 5.51. The maximum absolute atomic E-state index is 4.53. The van der Waals surface area contributed by atoms with Gasteiger partial charge in [-0.05, 0) is 31.0 Å². The van der Waals surface area contributed by atoms with Crippen LogP contribution in [-0.2, 0) is 13.6 Å². The van der Waals surface area contributed by atoms with Gasteiger partial charge in [-0.3, -0.25) is 4.68 Å². The van der Waals surface area contributed by atoms with Crippen molar-refractivity contribution >= 4 is 10.9 Å². The highest BCUT2D eigenvalue weighted by atomic mass is 15.3. The average molecular weight is 358 g/mol. The molecule has 4 rings (SSSR count). The van der Waals surface area contributed by atoms with E-state index in [0.29, 0.717) is 5.92 Å². The molecule has 0 aliphatic rings. The van der Waals surface area contributed by atoms with E-state index in [1.54, 1.807) is 0 Å². The number of fused-ring (bicyclic) bond motifs is 1. The van der Waals surface area contributed by atoms with Crippen LogP contribution in [0.4, 0.5) is 0 Å². The molecule has 0 saturated carbocycles.